The molecule has 0 spiro atoms. The van der Waals surface area contributed by atoms with Crippen LogP contribution in [-0.2, 0) is 4.79 Å². The second-order valence-electron chi connectivity index (χ2n) is 5.74. The van der Waals surface area contributed by atoms with Gasteiger partial charge in [0.25, 0.3) is 0 Å². The standard InChI is InChI=1S/C14H27NO/c1-5-15-14(16)9-12-8-11(4)6-7-13(12)10(2)3/h10-13H,5-9H2,1-4H3,(H,15,16). The van der Waals surface area contributed by atoms with Gasteiger partial charge in [-0.3, -0.25) is 4.79 Å². The van der Waals surface area contributed by atoms with E-state index >= 15 is 0 Å². The molecule has 0 bridgehead atoms. The van der Waals surface area contributed by atoms with Gasteiger partial charge in [0.2, 0.25) is 5.91 Å². The number of amides is 1. The van der Waals surface area contributed by atoms with Crippen molar-refractivity contribution >= 4 is 5.91 Å². The first-order chi connectivity index (χ1) is 7.54. The van der Waals surface area contributed by atoms with Gasteiger partial charge in [0.05, 0.1) is 0 Å². The van der Waals surface area contributed by atoms with Crippen LogP contribution < -0.4 is 5.32 Å². The zero-order valence-electron chi connectivity index (χ0n) is 11.3. The van der Waals surface area contributed by atoms with Gasteiger partial charge in [-0.05, 0) is 43.4 Å². The minimum Gasteiger partial charge on any atom is -0.356 e. The van der Waals surface area contributed by atoms with E-state index in [1.54, 1.807) is 0 Å². The van der Waals surface area contributed by atoms with E-state index in [1.165, 1.54) is 19.3 Å². The lowest BCUT2D eigenvalue weighted by molar-refractivity contribution is -0.122. The van der Waals surface area contributed by atoms with Crippen LogP contribution >= 0.6 is 0 Å². The smallest absolute Gasteiger partial charge is 0.220 e. The van der Waals surface area contributed by atoms with Crippen LogP contribution in [0.5, 0.6) is 0 Å². The Labute approximate surface area is 100 Å². The Bertz CT molecular complexity index is 225. The van der Waals surface area contributed by atoms with E-state index in [1.807, 2.05) is 6.92 Å². The van der Waals surface area contributed by atoms with E-state index in [2.05, 4.69) is 26.1 Å². The van der Waals surface area contributed by atoms with Crippen molar-refractivity contribution in [1.82, 2.24) is 5.32 Å². The molecule has 94 valence electrons. The van der Waals surface area contributed by atoms with Crippen LogP contribution in [0.3, 0.4) is 0 Å². The van der Waals surface area contributed by atoms with E-state index < -0.39 is 0 Å². The Morgan fingerprint density at radius 1 is 1.38 bits per heavy atom. The first-order valence-electron chi connectivity index (χ1n) is 6.81. The molecule has 1 fully saturated rings. The van der Waals surface area contributed by atoms with Crippen LogP contribution in [-0.4, -0.2) is 12.5 Å². The molecule has 0 aromatic rings. The molecule has 1 amide bonds. The minimum atomic E-state index is 0.243. The summed E-state index contributed by atoms with van der Waals surface area (Å²) in [6.07, 6.45) is 4.62. The molecule has 1 N–H and O–H groups in total. The van der Waals surface area contributed by atoms with Crippen molar-refractivity contribution in [1.29, 1.82) is 0 Å². The third kappa shape index (κ3) is 3.80. The molecule has 2 heteroatoms. The molecule has 3 atom stereocenters. The van der Waals surface area contributed by atoms with Gasteiger partial charge in [-0.25, -0.2) is 0 Å². The van der Waals surface area contributed by atoms with Crippen molar-refractivity contribution in [2.45, 2.75) is 53.4 Å². The van der Waals surface area contributed by atoms with Crippen molar-refractivity contribution in [3.05, 3.63) is 0 Å². The zero-order valence-corrected chi connectivity index (χ0v) is 11.3. The molecule has 0 aliphatic heterocycles. The van der Waals surface area contributed by atoms with Crippen LogP contribution in [0, 0.1) is 23.7 Å². The molecular weight excluding hydrogens is 198 g/mol. The molecule has 2 nitrogen and oxygen atoms in total. The summed E-state index contributed by atoms with van der Waals surface area (Å²) in [5.41, 5.74) is 0. The first-order valence-corrected chi connectivity index (χ1v) is 6.81. The quantitative estimate of drug-likeness (QED) is 0.782. The highest BCUT2D eigenvalue weighted by Crippen LogP contribution is 2.39. The molecule has 1 saturated carbocycles. The number of hydrogen-bond donors (Lipinski definition) is 1. The largest absolute Gasteiger partial charge is 0.356 e. The monoisotopic (exact) mass is 225 g/mol. The van der Waals surface area contributed by atoms with Crippen molar-refractivity contribution in [2.75, 3.05) is 6.54 Å². The third-order valence-corrected chi connectivity index (χ3v) is 3.98. The summed E-state index contributed by atoms with van der Waals surface area (Å²) in [5.74, 6) is 3.11. The topological polar surface area (TPSA) is 29.1 Å². The Balaban J connectivity index is 2.54. The van der Waals surface area contributed by atoms with Gasteiger partial charge in [-0.15, -0.1) is 0 Å². The van der Waals surface area contributed by atoms with Crippen LogP contribution in [0.2, 0.25) is 0 Å². The van der Waals surface area contributed by atoms with Crippen LogP contribution in [0.4, 0.5) is 0 Å². The summed E-state index contributed by atoms with van der Waals surface area (Å²) in [7, 11) is 0. The normalized spacial score (nSPS) is 30.4. The molecule has 0 radical (unpaired) electrons. The average molecular weight is 225 g/mol. The summed E-state index contributed by atoms with van der Waals surface area (Å²) in [6.45, 7) is 9.66. The van der Waals surface area contributed by atoms with Gasteiger partial charge in [0.1, 0.15) is 0 Å². The Morgan fingerprint density at radius 2 is 2.06 bits per heavy atom. The van der Waals surface area contributed by atoms with Gasteiger partial charge < -0.3 is 5.32 Å². The van der Waals surface area contributed by atoms with E-state index in [-0.39, 0.29) is 5.91 Å². The van der Waals surface area contributed by atoms with E-state index in [0.29, 0.717) is 11.8 Å². The van der Waals surface area contributed by atoms with Crippen molar-refractivity contribution in [3.63, 3.8) is 0 Å². The third-order valence-electron chi connectivity index (χ3n) is 3.98. The summed E-state index contributed by atoms with van der Waals surface area (Å²) in [6, 6.07) is 0. The molecule has 3 unspecified atom stereocenters. The maximum Gasteiger partial charge on any atom is 0.220 e. The van der Waals surface area contributed by atoms with Gasteiger partial charge >= 0.3 is 0 Å². The average Bonchev–Trinajstić information content (AvgIpc) is 2.17. The van der Waals surface area contributed by atoms with Crippen LogP contribution in [0.25, 0.3) is 0 Å². The van der Waals surface area contributed by atoms with E-state index in [0.717, 1.165) is 24.8 Å². The number of nitrogens with one attached hydrogen (secondary N) is 1. The zero-order chi connectivity index (χ0) is 12.1. The molecule has 0 aromatic carbocycles. The Morgan fingerprint density at radius 3 is 2.62 bits per heavy atom. The summed E-state index contributed by atoms with van der Waals surface area (Å²) in [4.78, 5) is 11.7. The van der Waals surface area contributed by atoms with E-state index in [4.69, 9.17) is 0 Å². The second-order valence-corrected chi connectivity index (χ2v) is 5.74. The van der Waals surface area contributed by atoms with Crippen LogP contribution in [0.1, 0.15) is 53.4 Å². The summed E-state index contributed by atoms with van der Waals surface area (Å²) < 4.78 is 0. The molecular formula is C14H27NO. The lowest BCUT2D eigenvalue weighted by atomic mass is 9.69. The minimum absolute atomic E-state index is 0.243. The van der Waals surface area contributed by atoms with Gasteiger partial charge in [-0.2, -0.15) is 0 Å². The summed E-state index contributed by atoms with van der Waals surface area (Å²) >= 11 is 0. The van der Waals surface area contributed by atoms with Crippen LogP contribution in [0.15, 0.2) is 0 Å². The number of carbonyl (C=O) groups excluding carboxylic acids is 1. The van der Waals surface area contributed by atoms with Gasteiger partial charge in [0, 0.05) is 13.0 Å². The maximum atomic E-state index is 11.7. The van der Waals surface area contributed by atoms with E-state index in [9.17, 15) is 4.79 Å². The molecule has 1 aliphatic rings. The SMILES string of the molecule is CCNC(=O)CC1CC(C)CCC1C(C)C. The highest BCUT2D eigenvalue weighted by atomic mass is 16.1. The molecule has 1 aliphatic carbocycles. The second kappa shape index (κ2) is 6.27. The van der Waals surface area contributed by atoms with Gasteiger partial charge in [-0.1, -0.05) is 27.2 Å². The fourth-order valence-electron chi connectivity index (χ4n) is 3.14. The first kappa shape index (κ1) is 13.5. The maximum absolute atomic E-state index is 11.7. The molecule has 1 rings (SSSR count). The lowest BCUT2D eigenvalue weighted by Gasteiger charge is -2.37. The van der Waals surface area contributed by atoms with Gasteiger partial charge in [0.15, 0.2) is 0 Å². The molecule has 0 aromatic heterocycles. The molecule has 16 heavy (non-hydrogen) atoms. The fraction of sp³-hybridized carbons (Fsp3) is 0.929. The van der Waals surface area contributed by atoms with Crippen molar-refractivity contribution in [2.24, 2.45) is 23.7 Å². The Kier molecular flexibility index (Phi) is 5.30. The van der Waals surface area contributed by atoms with Crippen molar-refractivity contribution < 1.29 is 4.79 Å². The predicted octanol–water partition coefficient (Wildman–Crippen LogP) is 3.22. The lowest BCUT2D eigenvalue weighted by Crippen LogP contribution is -2.33. The Hall–Kier alpha value is -0.530. The fourth-order valence-corrected chi connectivity index (χ4v) is 3.14. The molecule has 0 saturated heterocycles. The summed E-state index contributed by atoms with van der Waals surface area (Å²) in [5, 5.41) is 2.93. The predicted molar refractivity (Wildman–Crippen MR) is 68.1 cm³/mol. The van der Waals surface area contributed by atoms with Crippen molar-refractivity contribution in [3.8, 4) is 0 Å². The highest BCUT2D eigenvalue weighted by Gasteiger charge is 2.31. The number of carbonyl (C=O) groups is 1. The molecule has 0 heterocycles. The number of hydrogen-bond acceptors (Lipinski definition) is 1. The highest BCUT2D eigenvalue weighted by molar-refractivity contribution is 5.76. The number of rotatable bonds is 4.